The molecule has 0 amide bonds. The van der Waals surface area contributed by atoms with Crippen LogP contribution in [-0.4, -0.2) is 17.1 Å². The molecule has 0 saturated heterocycles. The van der Waals surface area contributed by atoms with Gasteiger partial charge in [0.05, 0.1) is 16.9 Å². The number of nitrogens with one attached hydrogen (secondary N) is 1. The number of aryl methyl sites for hydroxylation is 1. The number of rotatable bonds is 5. The Kier molecular flexibility index (Phi) is 4.29. The van der Waals surface area contributed by atoms with Crippen molar-refractivity contribution >= 4 is 28.7 Å². The summed E-state index contributed by atoms with van der Waals surface area (Å²) in [7, 11) is 0. The van der Waals surface area contributed by atoms with Crippen LogP contribution in [0.25, 0.3) is 0 Å². The van der Waals surface area contributed by atoms with Crippen LogP contribution in [0.5, 0.6) is 0 Å². The zero-order valence-corrected chi connectivity index (χ0v) is 12.3. The first-order valence-corrected chi connectivity index (χ1v) is 7.22. The number of hydrogen-bond donors (Lipinski definition) is 3. The molecule has 4 nitrogen and oxygen atoms in total. The van der Waals surface area contributed by atoms with Crippen LogP contribution in [0.3, 0.4) is 0 Å². The normalized spacial score (nSPS) is 12.1. The standard InChI is InChI=1S/C15H18N2O2S/c1-9(8-11-7-6-10(2)20-11)17-14-12(15(18)19)4-3-5-13(14)16/h3-7,9,17H,8,16H2,1-2H3,(H,18,19). The van der Waals surface area contributed by atoms with Gasteiger partial charge in [0.25, 0.3) is 0 Å². The lowest BCUT2D eigenvalue weighted by atomic mass is 10.1. The van der Waals surface area contributed by atoms with Gasteiger partial charge < -0.3 is 16.2 Å². The van der Waals surface area contributed by atoms with E-state index in [1.54, 1.807) is 29.5 Å². The van der Waals surface area contributed by atoms with E-state index in [0.29, 0.717) is 11.4 Å². The predicted octanol–water partition coefficient (Wildman–Crippen LogP) is 3.38. The fourth-order valence-corrected chi connectivity index (χ4v) is 3.12. The summed E-state index contributed by atoms with van der Waals surface area (Å²) in [5, 5.41) is 12.4. The van der Waals surface area contributed by atoms with Gasteiger partial charge in [-0.3, -0.25) is 0 Å². The van der Waals surface area contributed by atoms with Crippen LogP contribution in [0.15, 0.2) is 30.3 Å². The van der Waals surface area contributed by atoms with Crippen molar-refractivity contribution in [3.05, 3.63) is 45.6 Å². The average Bonchev–Trinajstić information content (AvgIpc) is 2.77. The minimum absolute atomic E-state index is 0.107. The molecule has 1 unspecified atom stereocenters. The number of carbonyl (C=O) groups is 1. The van der Waals surface area contributed by atoms with Crippen molar-refractivity contribution in [3.63, 3.8) is 0 Å². The number of benzene rings is 1. The molecule has 0 radical (unpaired) electrons. The lowest BCUT2D eigenvalue weighted by molar-refractivity contribution is 0.0698. The summed E-state index contributed by atoms with van der Waals surface area (Å²) >= 11 is 1.75. The third kappa shape index (κ3) is 3.30. The summed E-state index contributed by atoms with van der Waals surface area (Å²) < 4.78 is 0. The Labute approximate surface area is 122 Å². The van der Waals surface area contributed by atoms with E-state index in [1.165, 1.54) is 9.75 Å². The molecule has 1 aromatic carbocycles. The Bertz CT molecular complexity index is 622. The van der Waals surface area contributed by atoms with Crippen LogP contribution in [-0.2, 0) is 6.42 Å². The van der Waals surface area contributed by atoms with Crippen molar-refractivity contribution in [1.29, 1.82) is 0 Å². The molecule has 1 atom stereocenters. The Balaban J connectivity index is 2.15. The Morgan fingerprint density at radius 1 is 1.40 bits per heavy atom. The molecule has 1 aromatic heterocycles. The fraction of sp³-hybridized carbons (Fsp3) is 0.267. The third-order valence-electron chi connectivity index (χ3n) is 3.02. The highest BCUT2D eigenvalue weighted by Gasteiger charge is 2.15. The third-order valence-corrected chi connectivity index (χ3v) is 4.04. The molecule has 2 aromatic rings. The molecule has 0 aliphatic heterocycles. The number of anilines is 2. The van der Waals surface area contributed by atoms with Crippen molar-refractivity contribution in [2.24, 2.45) is 0 Å². The highest BCUT2D eigenvalue weighted by atomic mass is 32.1. The molecule has 20 heavy (non-hydrogen) atoms. The topological polar surface area (TPSA) is 75.3 Å². The molecular weight excluding hydrogens is 272 g/mol. The van der Waals surface area contributed by atoms with E-state index < -0.39 is 5.97 Å². The maximum absolute atomic E-state index is 11.2. The number of hydrogen-bond acceptors (Lipinski definition) is 4. The first kappa shape index (κ1) is 14.4. The summed E-state index contributed by atoms with van der Waals surface area (Å²) in [6.45, 7) is 4.09. The molecule has 0 spiro atoms. The summed E-state index contributed by atoms with van der Waals surface area (Å²) in [6, 6.07) is 9.21. The highest BCUT2D eigenvalue weighted by Crippen LogP contribution is 2.25. The molecule has 2 rings (SSSR count). The molecule has 1 heterocycles. The summed E-state index contributed by atoms with van der Waals surface area (Å²) in [6.07, 6.45) is 0.839. The van der Waals surface area contributed by atoms with Gasteiger partial charge in [-0.1, -0.05) is 6.07 Å². The van der Waals surface area contributed by atoms with Crippen LogP contribution < -0.4 is 11.1 Å². The summed E-state index contributed by atoms with van der Waals surface area (Å²) in [5.74, 6) is -0.973. The van der Waals surface area contributed by atoms with Crippen LogP contribution in [0.1, 0.15) is 27.0 Å². The van der Waals surface area contributed by atoms with Gasteiger partial charge in [0.1, 0.15) is 0 Å². The van der Waals surface area contributed by atoms with Crippen molar-refractivity contribution in [2.45, 2.75) is 26.3 Å². The van der Waals surface area contributed by atoms with E-state index in [-0.39, 0.29) is 11.6 Å². The Hall–Kier alpha value is -2.01. The van der Waals surface area contributed by atoms with E-state index in [9.17, 15) is 9.90 Å². The average molecular weight is 290 g/mol. The van der Waals surface area contributed by atoms with Crippen molar-refractivity contribution in [1.82, 2.24) is 0 Å². The van der Waals surface area contributed by atoms with Gasteiger partial charge in [-0.05, 0) is 38.1 Å². The number of carboxylic acid groups (broad SMARTS) is 1. The van der Waals surface area contributed by atoms with Gasteiger partial charge in [0.2, 0.25) is 0 Å². The molecule has 5 heteroatoms. The quantitative estimate of drug-likeness (QED) is 0.738. The minimum Gasteiger partial charge on any atom is -0.478 e. The highest BCUT2D eigenvalue weighted by molar-refractivity contribution is 7.11. The van der Waals surface area contributed by atoms with Gasteiger partial charge in [-0.15, -0.1) is 11.3 Å². The smallest absolute Gasteiger partial charge is 0.337 e. The van der Waals surface area contributed by atoms with Crippen molar-refractivity contribution in [2.75, 3.05) is 11.1 Å². The maximum atomic E-state index is 11.2. The lowest BCUT2D eigenvalue weighted by Crippen LogP contribution is -2.20. The second-order valence-corrected chi connectivity index (χ2v) is 6.21. The number of nitrogens with two attached hydrogens (primary N) is 1. The monoisotopic (exact) mass is 290 g/mol. The fourth-order valence-electron chi connectivity index (χ4n) is 2.10. The second-order valence-electron chi connectivity index (χ2n) is 4.84. The first-order chi connectivity index (χ1) is 9.47. The summed E-state index contributed by atoms with van der Waals surface area (Å²) in [5.41, 5.74) is 7.05. The van der Waals surface area contributed by atoms with Crippen LogP contribution in [0.4, 0.5) is 11.4 Å². The van der Waals surface area contributed by atoms with Gasteiger partial charge in [-0.25, -0.2) is 4.79 Å². The summed E-state index contributed by atoms with van der Waals surface area (Å²) in [4.78, 5) is 13.8. The van der Waals surface area contributed by atoms with Gasteiger partial charge in [-0.2, -0.15) is 0 Å². The lowest BCUT2D eigenvalue weighted by Gasteiger charge is -2.18. The molecule has 0 aliphatic rings. The first-order valence-electron chi connectivity index (χ1n) is 6.41. The Morgan fingerprint density at radius 2 is 2.15 bits per heavy atom. The SMILES string of the molecule is Cc1ccc(CC(C)Nc2c(N)cccc2C(=O)O)s1. The Morgan fingerprint density at radius 3 is 2.75 bits per heavy atom. The molecule has 4 N–H and O–H groups in total. The number of para-hydroxylation sites is 1. The second kappa shape index (κ2) is 5.96. The van der Waals surface area contributed by atoms with Crippen LogP contribution in [0.2, 0.25) is 0 Å². The van der Waals surface area contributed by atoms with E-state index in [0.717, 1.165) is 6.42 Å². The van der Waals surface area contributed by atoms with Gasteiger partial charge >= 0.3 is 5.97 Å². The van der Waals surface area contributed by atoms with Crippen molar-refractivity contribution < 1.29 is 9.90 Å². The van der Waals surface area contributed by atoms with Gasteiger partial charge in [0, 0.05) is 22.2 Å². The zero-order chi connectivity index (χ0) is 14.7. The minimum atomic E-state index is -0.973. The molecule has 0 bridgehead atoms. The number of aromatic carboxylic acids is 1. The molecule has 0 aliphatic carbocycles. The van der Waals surface area contributed by atoms with Crippen LogP contribution in [0, 0.1) is 6.92 Å². The molecule has 106 valence electrons. The van der Waals surface area contributed by atoms with E-state index in [4.69, 9.17) is 5.73 Å². The van der Waals surface area contributed by atoms with E-state index in [1.807, 2.05) is 6.92 Å². The van der Waals surface area contributed by atoms with E-state index in [2.05, 4.69) is 24.4 Å². The van der Waals surface area contributed by atoms with Crippen LogP contribution >= 0.6 is 11.3 Å². The number of thiophene rings is 1. The molecular formula is C15H18N2O2S. The zero-order valence-electron chi connectivity index (χ0n) is 11.5. The number of nitrogen functional groups attached to an aromatic ring is 1. The van der Waals surface area contributed by atoms with E-state index >= 15 is 0 Å². The van der Waals surface area contributed by atoms with Gasteiger partial charge in [0.15, 0.2) is 0 Å². The predicted molar refractivity (Wildman–Crippen MR) is 83.7 cm³/mol. The maximum Gasteiger partial charge on any atom is 0.337 e. The largest absolute Gasteiger partial charge is 0.478 e. The number of carboxylic acids is 1. The molecule has 0 fully saturated rings. The molecule has 0 saturated carbocycles. The van der Waals surface area contributed by atoms with Crippen molar-refractivity contribution in [3.8, 4) is 0 Å².